The molecule has 1 aromatic rings. The van der Waals surface area contributed by atoms with Crippen molar-refractivity contribution in [3.63, 3.8) is 0 Å². The second-order valence-corrected chi connectivity index (χ2v) is 6.93. The molecule has 2 aliphatic rings. The molecule has 2 unspecified atom stereocenters. The SMILES string of the molecule is CC(C)C1CCCC(Nc2ccc3c(c2)CCC(=O)N3)C1. The molecule has 114 valence electrons. The second-order valence-electron chi connectivity index (χ2n) is 6.93. The zero-order valence-corrected chi connectivity index (χ0v) is 13.1. The highest BCUT2D eigenvalue weighted by Crippen LogP contribution is 2.32. The highest BCUT2D eigenvalue weighted by Gasteiger charge is 2.24. The molecule has 0 bridgehead atoms. The first-order valence-electron chi connectivity index (χ1n) is 8.31. The van der Waals surface area contributed by atoms with E-state index in [9.17, 15) is 4.79 Å². The van der Waals surface area contributed by atoms with Crippen LogP contribution < -0.4 is 10.6 Å². The first-order chi connectivity index (χ1) is 10.1. The van der Waals surface area contributed by atoms with E-state index in [0.717, 1.165) is 23.9 Å². The van der Waals surface area contributed by atoms with Gasteiger partial charge in [-0.2, -0.15) is 0 Å². The summed E-state index contributed by atoms with van der Waals surface area (Å²) in [6.07, 6.45) is 6.74. The molecule has 0 saturated heterocycles. The van der Waals surface area contributed by atoms with E-state index in [4.69, 9.17) is 0 Å². The van der Waals surface area contributed by atoms with E-state index in [1.807, 2.05) is 6.07 Å². The van der Waals surface area contributed by atoms with Crippen LogP contribution in [0.2, 0.25) is 0 Å². The van der Waals surface area contributed by atoms with Crippen molar-refractivity contribution in [1.29, 1.82) is 0 Å². The number of fused-ring (bicyclic) bond motifs is 1. The van der Waals surface area contributed by atoms with Crippen LogP contribution >= 0.6 is 0 Å². The summed E-state index contributed by atoms with van der Waals surface area (Å²) in [5.74, 6) is 1.77. The fourth-order valence-corrected chi connectivity index (χ4v) is 3.67. The molecular formula is C18H26N2O. The van der Waals surface area contributed by atoms with Gasteiger partial charge in [0.2, 0.25) is 5.91 Å². The number of aryl methyl sites for hydroxylation is 1. The molecule has 1 fully saturated rings. The molecule has 0 spiro atoms. The molecule has 1 aliphatic carbocycles. The lowest BCUT2D eigenvalue weighted by molar-refractivity contribution is -0.116. The van der Waals surface area contributed by atoms with Gasteiger partial charge < -0.3 is 10.6 Å². The van der Waals surface area contributed by atoms with Crippen molar-refractivity contribution < 1.29 is 4.79 Å². The number of hydrogen-bond acceptors (Lipinski definition) is 2. The van der Waals surface area contributed by atoms with Crippen LogP contribution in [-0.2, 0) is 11.2 Å². The summed E-state index contributed by atoms with van der Waals surface area (Å²) in [6.45, 7) is 4.68. The Hall–Kier alpha value is -1.51. The van der Waals surface area contributed by atoms with Gasteiger partial charge in [-0.05, 0) is 54.9 Å². The van der Waals surface area contributed by atoms with Crippen LogP contribution in [0.5, 0.6) is 0 Å². The standard InChI is InChI=1S/C18H26N2O/c1-12(2)13-4-3-5-15(10-13)19-16-7-8-17-14(11-16)6-9-18(21)20-17/h7-8,11-13,15,19H,3-6,9-10H2,1-2H3,(H,20,21). The number of nitrogens with one attached hydrogen (secondary N) is 2. The van der Waals surface area contributed by atoms with E-state index in [2.05, 4.69) is 36.6 Å². The van der Waals surface area contributed by atoms with Crippen molar-refractivity contribution in [1.82, 2.24) is 0 Å². The summed E-state index contributed by atoms with van der Waals surface area (Å²) < 4.78 is 0. The third-order valence-corrected chi connectivity index (χ3v) is 5.03. The monoisotopic (exact) mass is 286 g/mol. The van der Waals surface area contributed by atoms with Gasteiger partial charge >= 0.3 is 0 Å². The minimum atomic E-state index is 0.135. The van der Waals surface area contributed by atoms with Crippen molar-refractivity contribution in [3.8, 4) is 0 Å². The summed E-state index contributed by atoms with van der Waals surface area (Å²) in [5, 5.41) is 6.66. The van der Waals surface area contributed by atoms with Crippen LogP contribution in [0.4, 0.5) is 11.4 Å². The smallest absolute Gasteiger partial charge is 0.224 e. The Balaban J connectivity index is 1.66. The normalized spacial score (nSPS) is 25.4. The van der Waals surface area contributed by atoms with Gasteiger partial charge in [-0.15, -0.1) is 0 Å². The lowest BCUT2D eigenvalue weighted by Gasteiger charge is -2.33. The molecule has 0 radical (unpaired) electrons. The van der Waals surface area contributed by atoms with Gasteiger partial charge in [-0.25, -0.2) is 0 Å². The number of carbonyl (C=O) groups excluding carboxylic acids is 1. The Kier molecular flexibility index (Phi) is 4.18. The van der Waals surface area contributed by atoms with Crippen molar-refractivity contribution >= 4 is 17.3 Å². The number of rotatable bonds is 3. The van der Waals surface area contributed by atoms with Crippen LogP contribution in [0.25, 0.3) is 0 Å². The van der Waals surface area contributed by atoms with Crippen LogP contribution in [0.3, 0.4) is 0 Å². The minimum Gasteiger partial charge on any atom is -0.382 e. The Bertz CT molecular complexity index is 524. The maximum atomic E-state index is 11.4. The Morgan fingerprint density at radius 2 is 2.10 bits per heavy atom. The molecule has 1 aliphatic heterocycles. The molecule has 0 aromatic heterocycles. The van der Waals surface area contributed by atoms with Gasteiger partial charge in [-0.1, -0.05) is 26.7 Å². The van der Waals surface area contributed by atoms with E-state index in [1.54, 1.807) is 0 Å². The molecule has 3 nitrogen and oxygen atoms in total. The van der Waals surface area contributed by atoms with Crippen molar-refractivity contribution in [2.75, 3.05) is 10.6 Å². The molecule has 1 amide bonds. The molecule has 3 heteroatoms. The summed E-state index contributed by atoms with van der Waals surface area (Å²) in [7, 11) is 0. The molecular weight excluding hydrogens is 260 g/mol. The van der Waals surface area contributed by atoms with Crippen LogP contribution in [-0.4, -0.2) is 11.9 Å². The number of amides is 1. The van der Waals surface area contributed by atoms with Gasteiger partial charge in [-0.3, -0.25) is 4.79 Å². The molecule has 21 heavy (non-hydrogen) atoms. The number of carbonyl (C=O) groups is 1. The first-order valence-corrected chi connectivity index (χ1v) is 8.31. The fourth-order valence-electron chi connectivity index (χ4n) is 3.67. The quantitative estimate of drug-likeness (QED) is 0.874. The number of benzene rings is 1. The van der Waals surface area contributed by atoms with E-state index in [-0.39, 0.29) is 5.91 Å². The zero-order chi connectivity index (χ0) is 14.8. The van der Waals surface area contributed by atoms with E-state index >= 15 is 0 Å². The Labute approximate surface area is 127 Å². The van der Waals surface area contributed by atoms with Gasteiger partial charge in [0.1, 0.15) is 0 Å². The number of anilines is 2. The average molecular weight is 286 g/mol. The largest absolute Gasteiger partial charge is 0.382 e. The maximum absolute atomic E-state index is 11.4. The van der Waals surface area contributed by atoms with Gasteiger partial charge in [0.25, 0.3) is 0 Å². The van der Waals surface area contributed by atoms with Gasteiger partial charge in [0.05, 0.1) is 0 Å². The van der Waals surface area contributed by atoms with Gasteiger partial charge in [0, 0.05) is 23.8 Å². The predicted octanol–water partition coefficient (Wildman–Crippen LogP) is 4.20. The fraction of sp³-hybridized carbons (Fsp3) is 0.611. The zero-order valence-electron chi connectivity index (χ0n) is 13.1. The summed E-state index contributed by atoms with van der Waals surface area (Å²) in [6, 6.07) is 6.96. The summed E-state index contributed by atoms with van der Waals surface area (Å²) >= 11 is 0. The minimum absolute atomic E-state index is 0.135. The van der Waals surface area contributed by atoms with E-state index in [1.165, 1.54) is 36.9 Å². The topological polar surface area (TPSA) is 41.1 Å². The molecule has 1 aromatic carbocycles. The maximum Gasteiger partial charge on any atom is 0.224 e. The molecule has 1 saturated carbocycles. The number of hydrogen-bond donors (Lipinski definition) is 2. The average Bonchev–Trinajstić information content (AvgIpc) is 2.48. The second kappa shape index (κ2) is 6.08. The predicted molar refractivity (Wildman–Crippen MR) is 87.6 cm³/mol. The molecule has 2 atom stereocenters. The van der Waals surface area contributed by atoms with Gasteiger partial charge in [0.15, 0.2) is 0 Å². The van der Waals surface area contributed by atoms with Crippen LogP contribution in [0, 0.1) is 11.8 Å². The Morgan fingerprint density at radius 1 is 1.24 bits per heavy atom. The van der Waals surface area contributed by atoms with Crippen LogP contribution in [0.15, 0.2) is 18.2 Å². The van der Waals surface area contributed by atoms with Crippen molar-refractivity contribution in [2.24, 2.45) is 11.8 Å². The molecule has 1 heterocycles. The lowest BCUT2D eigenvalue weighted by atomic mass is 9.79. The molecule has 2 N–H and O–H groups in total. The van der Waals surface area contributed by atoms with Crippen LogP contribution in [0.1, 0.15) is 51.5 Å². The van der Waals surface area contributed by atoms with E-state index < -0.39 is 0 Å². The summed E-state index contributed by atoms with van der Waals surface area (Å²) in [4.78, 5) is 11.4. The van der Waals surface area contributed by atoms with E-state index in [0.29, 0.717) is 12.5 Å². The summed E-state index contributed by atoms with van der Waals surface area (Å²) in [5.41, 5.74) is 3.45. The third-order valence-electron chi connectivity index (χ3n) is 5.03. The lowest BCUT2D eigenvalue weighted by Crippen LogP contribution is -2.29. The van der Waals surface area contributed by atoms with Crippen molar-refractivity contribution in [3.05, 3.63) is 23.8 Å². The highest BCUT2D eigenvalue weighted by molar-refractivity contribution is 5.94. The first kappa shape index (κ1) is 14.4. The molecule has 3 rings (SSSR count). The Morgan fingerprint density at radius 3 is 2.90 bits per heavy atom. The highest BCUT2D eigenvalue weighted by atomic mass is 16.1. The van der Waals surface area contributed by atoms with Crippen molar-refractivity contribution in [2.45, 2.75) is 58.4 Å². The third kappa shape index (κ3) is 3.39.